The molecule has 0 spiro atoms. The minimum Gasteiger partial charge on any atom is -0.497 e. The van der Waals surface area contributed by atoms with E-state index in [0.29, 0.717) is 0 Å². The summed E-state index contributed by atoms with van der Waals surface area (Å²) in [6.07, 6.45) is 6.10. The van der Waals surface area contributed by atoms with Gasteiger partial charge in [-0.05, 0) is 59.9 Å². The minimum absolute atomic E-state index is 0.0608. The fourth-order valence-corrected chi connectivity index (χ4v) is 4.29. The number of hydrogen-bond acceptors (Lipinski definition) is 5. The Bertz CT molecular complexity index is 1100. The number of allylic oxidation sites excluding steroid dienone is 1. The van der Waals surface area contributed by atoms with E-state index in [1.165, 1.54) is 0 Å². The highest BCUT2D eigenvalue weighted by Crippen LogP contribution is 2.46. The summed E-state index contributed by atoms with van der Waals surface area (Å²) in [6, 6.07) is 20.2. The Kier molecular flexibility index (Phi) is 5.63. The molecule has 2 aliphatic heterocycles. The van der Waals surface area contributed by atoms with Crippen LogP contribution in [0.4, 0.5) is 0 Å². The van der Waals surface area contributed by atoms with Crippen LogP contribution in [0.3, 0.4) is 0 Å². The molecule has 0 radical (unpaired) electrons. The Morgan fingerprint density at radius 1 is 0.844 bits per heavy atom. The Hall–Kier alpha value is -3.60. The first kappa shape index (κ1) is 20.3. The van der Waals surface area contributed by atoms with E-state index in [1.54, 1.807) is 14.2 Å². The molecule has 2 unspecified atom stereocenters. The van der Waals surface area contributed by atoms with Gasteiger partial charge in [0.05, 0.1) is 14.2 Å². The van der Waals surface area contributed by atoms with Gasteiger partial charge in [0.25, 0.3) is 0 Å². The standard InChI is InChI=1S/C27H26O5/c1-28-22-10-6-18(7-11-22)4-3-5-20-14-21-15-25-26(31-17-30-25)16-24(21)32-27(20)19-8-12-23(29-2)13-9-19/h3-4,6-13,15-16,20,27H,5,14,17H2,1-2H3. The van der Waals surface area contributed by atoms with Gasteiger partial charge in [-0.2, -0.15) is 0 Å². The third kappa shape index (κ3) is 4.11. The molecule has 2 atom stereocenters. The van der Waals surface area contributed by atoms with Crippen molar-refractivity contribution in [2.45, 2.75) is 18.9 Å². The molecule has 0 fully saturated rings. The second-order valence-electron chi connectivity index (χ2n) is 8.00. The first-order valence-electron chi connectivity index (χ1n) is 10.8. The summed E-state index contributed by atoms with van der Waals surface area (Å²) in [5.74, 6) is 4.39. The minimum atomic E-state index is -0.0608. The lowest BCUT2D eigenvalue weighted by Crippen LogP contribution is -2.25. The number of fused-ring (bicyclic) bond motifs is 2. The van der Waals surface area contributed by atoms with Crippen LogP contribution in [0.5, 0.6) is 28.7 Å². The van der Waals surface area contributed by atoms with Gasteiger partial charge in [0.2, 0.25) is 6.79 Å². The van der Waals surface area contributed by atoms with E-state index in [2.05, 4.69) is 42.5 Å². The molecule has 2 heterocycles. The largest absolute Gasteiger partial charge is 0.497 e. The van der Waals surface area contributed by atoms with Crippen molar-refractivity contribution >= 4 is 6.08 Å². The average Bonchev–Trinajstić information content (AvgIpc) is 3.30. The van der Waals surface area contributed by atoms with Gasteiger partial charge in [-0.1, -0.05) is 36.4 Å². The van der Waals surface area contributed by atoms with Gasteiger partial charge in [0.15, 0.2) is 11.5 Å². The SMILES string of the molecule is COc1ccc(C=CCC2Cc3cc4c(cc3OC2c2ccc(OC)cc2)OCO4)cc1. The van der Waals surface area contributed by atoms with Crippen LogP contribution < -0.4 is 23.7 Å². The first-order valence-corrected chi connectivity index (χ1v) is 10.8. The maximum Gasteiger partial charge on any atom is 0.231 e. The molecule has 0 bridgehead atoms. The molecule has 0 N–H and O–H groups in total. The van der Waals surface area contributed by atoms with Gasteiger partial charge in [-0.3, -0.25) is 0 Å². The summed E-state index contributed by atoms with van der Waals surface area (Å²) < 4.78 is 28.2. The van der Waals surface area contributed by atoms with E-state index < -0.39 is 0 Å². The van der Waals surface area contributed by atoms with Crippen molar-refractivity contribution in [3.05, 3.63) is 83.4 Å². The van der Waals surface area contributed by atoms with Crippen molar-refractivity contribution in [2.75, 3.05) is 21.0 Å². The molecule has 3 aromatic carbocycles. The second-order valence-corrected chi connectivity index (χ2v) is 8.00. The molecular weight excluding hydrogens is 404 g/mol. The first-order chi connectivity index (χ1) is 15.7. The van der Waals surface area contributed by atoms with Gasteiger partial charge in [0, 0.05) is 12.0 Å². The molecule has 0 aromatic heterocycles. The third-order valence-corrected chi connectivity index (χ3v) is 6.03. The second kappa shape index (κ2) is 8.87. The highest BCUT2D eigenvalue weighted by molar-refractivity contribution is 5.54. The zero-order valence-electron chi connectivity index (χ0n) is 18.2. The van der Waals surface area contributed by atoms with Crippen LogP contribution in [0.15, 0.2) is 66.7 Å². The van der Waals surface area contributed by atoms with Crippen LogP contribution in [0, 0.1) is 5.92 Å². The third-order valence-electron chi connectivity index (χ3n) is 6.03. The van der Waals surface area contributed by atoms with E-state index >= 15 is 0 Å². The predicted octanol–water partition coefficient (Wildman–Crippen LogP) is 5.83. The van der Waals surface area contributed by atoms with Crippen molar-refractivity contribution in [1.29, 1.82) is 0 Å². The lowest BCUT2D eigenvalue weighted by atomic mass is 9.84. The van der Waals surface area contributed by atoms with E-state index in [0.717, 1.165) is 58.3 Å². The summed E-state index contributed by atoms with van der Waals surface area (Å²) in [5.41, 5.74) is 3.44. The van der Waals surface area contributed by atoms with Crippen LogP contribution >= 0.6 is 0 Å². The lowest BCUT2D eigenvalue weighted by molar-refractivity contribution is 0.114. The van der Waals surface area contributed by atoms with E-state index in [1.807, 2.05) is 30.3 Å². The molecule has 0 aliphatic carbocycles. The highest BCUT2D eigenvalue weighted by Gasteiger charge is 2.32. The monoisotopic (exact) mass is 430 g/mol. The molecule has 0 saturated carbocycles. The fourth-order valence-electron chi connectivity index (χ4n) is 4.29. The Morgan fingerprint density at radius 2 is 1.50 bits per heavy atom. The van der Waals surface area contributed by atoms with Crippen molar-refractivity contribution in [2.24, 2.45) is 5.92 Å². The zero-order valence-corrected chi connectivity index (χ0v) is 18.2. The van der Waals surface area contributed by atoms with E-state index in [4.69, 9.17) is 23.7 Å². The van der Waals surface area contributed by atoms with Crippen LogP contribution in [-0.2, 0) is 6.42 Å². The van der Waals surface area contributed by atoms with Gasteiger partial charge < -0.3 is 23.7 Å². The molecule has 0 amide bonds. The predicted molar refractivity (Wildman–Crippen MR) is 123 cm³/mol. The van der Waals surface area contributed by atoms with Crippen LogP contribution in [0.2, 0.25) is 0 Å². The molecule has 2 aliphatic rings. The summed E-state index contributed by atoms with van der Waals surface area (Å²) in [4.78, 5) is 0. The van der Waals surface area contributed by atoms with E-state index in [-0.39, 0.29) is 18.8 Å². The van der Waals surface area contributed by atoms with Gasteiger partial charge in [0.1, 0.15) is 23.4 Å². The van der Waals surface area contributed by atoms with Crippen LogP contribution in [-0.4, -0.2) is 21.0 Å². The fraction of sp³-hybridized carbons (Fsp3) is 0.259. The molecule has 0 saturated heterocycles. The van der Waals surface area contributed by atoms with Crippen molar-refractivity contribution in [3.63, 3.8) is 0 Å². The van der Waals surface area contributed by atoms with Gasteiger partial charge in [-0.15, -0.1) is 0 Å². The Labute approximate surface area is 188 Å². The summed E-state index contributed by atoms with van der Waals surface area (Å²) in [6.45, 7) is 0.258. The number of hydrogen-bond donors (Lipinski definition) is 0. The van der Waals surface area contributed by atoms with E-state index in [9.17, 15) is 0 Å². The van der Waals surface area contributed by atoms with Crippen molar-refractivity contribution < 1.29 is 23.7 Å². The normalized spacial score (nSPS) is 18.8. The van der Waals surface area contributed by atoms with Gasteiger partial charge >= 0.3 is 0 Å². The molecule has 5 heteroatoms. The maximum atomic E-state index is 6.54. The summed E-state index contributed by atoms with van der Waals surface area (Å²) in [7, 11) is 3.36. The van der Waals surface area contributed by atoms with Crippen LogP contribution in [0.25, 0.3) is 6.08 Å². The number of rotatable bonds is 6. The van der Waals surface area contributed by atoms with Crippen molar-refractivity contribution in [3.8, 4) is 28.7 Å². The van der Waals surface area contributed by atoms with Crippen molar-refractivity contribution in [1.82, 2.24) is 0 Å². The smallest absolute Gasteiger partial charge is 0.231 e. The number of methoxy groups -OCH3 is 2. The zero-order chi connectivity index (χ0) is 21.9. The topological polar surface area (TPSA) is 46.2 Å². The molecule has 5 rings (SSSR count). The molecule has 5 nitrogen and oxygen atoms in total. The van der Waals surface area contributed by atoms with Gasteiger partial charge in [-0.25, -0.2) is 0 Å². The molecule has 3 aromatic rings. The Morgan fingerprint density at radius 3 is 2.19 bits per heavy atom. The average molecular weight is 431 g/mol. The molecule has 164 valence electrons. The van der Waals surface area contributed by atoms with Crippen LogP contribution in [0.1, 0.15) is 29.2 Å². The quantitative estimate of drug-likeness (QED) is 0.492. The maximum absolute atomic E-state index is 6.54. The molecule has 32 heavy (non-hydrogen) atoms. The highest BCUT2D eigenvalue weighted by atomic mass is 16.7. The molecular formula is C27H26O5. The summed E-state index contributed by atoms with van der Waals surface area (Å²) >= 11 is 0. The summed E-state index contributed by atoms with van der Waals surface area (Å²) in [5, 5.41) is 0. The number of ether oxygens (including phenoxy) is 5. The Balaban J connectivity index is 1.40. The number of benzene rings is 3. The lowest BCUT2D eigenvalue weighted by Gasteiger charge is -2.34.